The number of likely N-dealkylation sites (N-methyl/N-ethyl adjacent to an activating group) is 1. The number of ether oxygens (including phenoxy) is 3. The summed E-state index contributed by atoms with van der Waals surface area (Å²) < 4.78 is 15.6. The SMILES string of the molecule is CC[N+](C)(CC)CCOCCOC.COCC(=O)[O-]. The van der Waals surface area contributed by atoms with Gasteiger partial charge in [-0.15, -0.1) is 0 Å². The molecule has 0 atom stereocenters. The van der Waals surface area contributed by atoms with Crippen LogP contribution in [0.4, 0.5) is 0 Å². The van der Waals surface area contributed by atoms with Crippen LogP contribution in [-0.2, 0) is 19.0 Å². The van der Waals surface area contributed by atoms with Gasteiger partial charge in [0, 0.05) is 14.2 Å². The summed E-state index contributed by atoms with van der Waals surface area (Å²) in [5.41, 5.74) is 0. The van der Waals surface area contributed by atoms with Crippen molar-refractivity contribution in [3.63, 3.8) is 0 Å². The Morgan fingerprint density at radius 3 is 1.95 bits per heavy atom. The second-order valence-electron chi connectivity index (χ2n) is 4.39. The molecule has 0 rings (SSSR count). The molecule has 0 fully saturated rings. The molecule has 0 heterocycles. The van der Waals surface area contributed by atoms with Crippen molar-refractivity contribution in [1.82, 2.24) is 0 Å². The van der Waals surface area contributed by atoms with Crippen molar-refractivity contribution in [2.45, 2.75) is 13.8 Å². The van der Waals surface area contributed by atoms with Crippen molar-refractivity contribution in [1.29, 1.82) is 0 Å². The lowest BCUT2D eigenvalue weighted by Gasteiger charge is -2.31. The van der Waals surface area contributed by atoms with Gasteiger partial charge in [-0.2, -0.15) is 0 Å². The summed E-state index contributed by atoms with van der Waals surface area (Å²) in [7, 11) is 5.26. The smallest absolute Gasteiger partial charge is 0.102 e. The predicted molar refractivity (Wildman–Crippen MR) is 71.7 cm³/mol. The lowest BCUT2D eigenvalue weighted by Crippen LogP contribution is -2.45. The minimum Gasteiger partial charge on any atom is -0.548 e. The first kappa shape index (κ1) is 20.6. The molecule has 0 spiro atoms. The van der Waals surface area contributed by atoms with E-state index in [1.807, 2.05) is 0 Å². The Morgan fingerprint density at radius 1 is 1.05 bits per heavy atom. The summed E-state index contributed by atoms with van der Waals surface area (Å²) in [5, 5.41) is 9.36. The van der Waals surface area contributed by atoms with E-state index in [2.05, 4.69) is 25.6 Å². The zero-order chi connectivity index (χ0) is 15.1. The average Bonchev–Trinajstić information content (AvgIpc) is 2.39. The van der Waals surface area contributed by atoms with Gasteiger partial charge in [0.1, 0.15) is 6.54 Å². The Labute approximate surface area is 116 Å². The molecule has 6 heteroatoms. The molecule has 0 aliphatic rings. The van der Waals surface area contributed by atoms with E-state index < -0.39 is 5.97 Å². The van der Waals surface area contributed by atoms with Crippen LogP contribution >= 0.6 is 0 Å². The van der Waals surface area contributed by atoms with Crippen LogP contribution in [0, 0.1) is 0 Å². The van der Waals surface area contributed by atoms with E-state index in [1.54, 1.807) is 7.11 Å². The molecule has 0 aromatic heterocycles. The second kappa shape index (κ2) is 13.7. The maximum atomic E-state index is 9.36. The molecular formula is C13H29NO5. The van der Waals surface area contributed by atoms with Crippen molar-refractivity contribution in [3.8, 4) is 0 Å². The molecule has 0 saturated carbocycles. The quantitative estimate of drug-likeness (QED) is 0.399. The molecule has 0 aliphatic carbocycles. The van der Waals surface area contributed by atoms with Crippen molar-refractivity contribution in [2.24, 2.45) is 0 Å². The van der Waals surface area contributed by atoms with Gasteiger partial charge >= 0.3 is 0 Å². The Hall–Kier alpha value is -0.690. The van der Waals surface area contributed by atoms with Gasteiger partial charge in [0.2, 0.25) is 0 Å². The number of hydrogen-bond acceptors (Lipinski definition) is 5. The number of nitrogens with zero attached hydrogens (tertiary/aromatic N) is 1. The highest BCUT2D eigenvalue weighted by Crippen LogP contribution is 1.99. The third kappa shape index (κ3) is 15.3. The van der Waals surface area contributed by atoms with E-state index in [9.17, 15) is 9.90 Å². The Morgan fingerprint density at radius 2 is 1.63 bits per heavy atom. The van der Waals surface area contributed by atoms with Gasteiger partial charge in [0.25, 0.3) is 0 Å². The highest BCUT2D eigenvalue weighted by Gasteiger charge is 2.15. The second-order valence-corrected chi connectivity index (χ2v) is 4.39. The first-order chi connectivity index (χ1) is 8.95. The summed E-state index contributed by atoms with van der Waals surface area (Å²) in [6.45, 7) is 9.80. The first-order valence-corrected chi connectivity index (χ1v) is 6.54. The predicted octanol–water partition coefficient (Wildman–Crippen LogP) is -0.481. The Kier molecular flexibility index (Phi) is 14.9. The fourth-order valence-electron chi connectivity index (χ4n) is 1.19. The highest BCUT2D eigenvalue weighted by atomic mass is 16.5. The van der Waals surface area contributed by atoms with Gasteiger partial charge < -0.3 is 28.6 Å². The van der Waals surface area contributed by atoms with Crippen LogP contribution in [0.25, 0.3) is 0 Å². The zero-order valence-corrected chi connectivity index (χ0v) is 12.9. The van der Waals surface area contributed by atoms with Crippen LogP contribution in [-0.4, -0.2) is 77.8 Å². The lowest BCUT2D eigenvalue weighted by atomic mass is 10.4. The molecule has 19 heavy (non-hydrogen) atoms. The fourth-order valence-corrected chi connectivity index (χ4v) is 1.19. The molecule has 0 amide bonds. The molecule has 0 radical (unpaired) electrons. The van der Waals surface area contributed by atoms with E-state index in [0.717, 1.165) is 17.6 Å². The topological polar surface area (TPSA) is 67.8 Å². The number of carboxylic acids is 1. The molecule has 0 unspecified atom stereocenters. The van der Waals surface area contributed by atoms with Crippen molar-refractivity contribution >= 4 is 5.97 Å². The van der Waals surface area contributed by atoms with E-state index in [1.165, 1.54) is 20.2 Å². The highest BCUT2D eigenvalue weighted by molar-refractivity contribution is 5.65. The van der Waals surface area contributed by atoms with Crippen LogP contribution in [0.5, 0.6) is 0 Å². The average molecular weight is 279 g/mol. The number of aliphatic carboxylic acids is 1. The van der Waals surface area contributed by atoms with Gasteiger partial charge in [0.15, 0.2) is 0 Å². The van der Waals surface area contributed by atoms with E-state index in [0.29, 0.717) is 13.2 Å². The molecule has 0 bridgehead atoms. The van der Waals surface area contributed by atoms with E-state index >= 15 is 0 Å². The summed E-state index contributed by atoms with van der Waals surface area (Å²) in [5.74, 6) is -1.18. The van der Waals surface area contributed by atoms with Crippen molar-refractivity contribution < 1.29 is 28.6 Å². The minimum atomic E-state index is -1.18. The number of carbonyl (C=O) groups excluding carboxylic acids is 1. The van der Waals surface area contributed by atoms with Crippen LogP contribution in [0.1, 0.15) is 13.8 Å². The normalized spacial score (nSPS) is 10.8. The third-order valence-corrected chi connectivity index (χ3v) is 3.00. The molecule has 6 nitrogen and oxygen atoms in total. The van der Waals surface area contributed by atoms with Crippen LogP contribution < -0.4 is 5.11 Å². The van der Waals surface area contributed by atoms with Crippen LogP contribution in [0.3, 0.4) is 0 Å². The number of carboxylic acid groups (broad SMARTS) is 1. The number of hydrogen-bond donors (Lipinski definition) is 0. The number of carbonyl (C=O) groups is 1. The van der Waals surface area contributed by atoms with Gasteiger partial charge in [-0.3, -0.25) is 0 Å². The minimum absolute atomic E-state index is 0.319. The molecule has 0 aliphatic heterocycles. The molecule has 0 N–H and O–H groups in total. The van der Waals surface area contributed by atoms with Crippen molar-refractivity contribution in [3.05, 3.63) is 0 Å². The standard InChI is InChI=1S/C10H24NO2.C3H6O3/c1-5-11(3,6-2)7-8-13-10-9-12-4;1-6-2-3(4)5/h5-10H2,1-4H3;2H2,1H3,(H,4,5)/q+1;/p-1. The van der Waals surface area contributed by atoms with Gasteiger partial charge in [-0.05, 0) is 13.8 Å². The van der Waals surface area contributed by atoms with Crippen molar-refractivity contribution in [2.75, 3.05) is 67.3 Å². The maximum Gasteiger partial charge on any atom is 0.102 e. The molecule has 0 saturated heterocycles. The Balaban J connectivity index is 0. The maximum absolute atomic E-state index is 9.36. The summed E-state index contributed by atoms with van der Waals surface area (Å²) in [6.07, 6.45) is 0. The zero-order valence-electron chi connectivity index (χ0n) is 12.9. The molecule has 0 aromatic rings. The van der Waals surface area contributed by atoms with Crippen LogP contribution in [0.15, 0.2) is 0 Å². The molecule has 0 aromatic carbocycles. The van der Waals surface area contributed by atoms with E-state index in [4.69, 9.17) is 9.47 Å². The first-order valence-electron chi connectivity index (χ1n) is 6.54. The molecule has 116 valence electrons. The number of rotatable bonds is 10. The molecular weight excluding hydrogens is 250 g/mol. The Bertz CT molecular complexity index is 207. The summed E-state index contributed by atoms with van der Waals surface area (Å²) in [4.78, 5) is 9.36. The summed E-state index contributed by atoms with van der Waals surface area (Å²) >= 11 is 0. The number of methoxy groups -OCH3 is 2. The fraction of sp³-hybridized carbons (Fsp3) is 0.923. The largest absolute Gasteiger partial charge is 0.548 e. The van der Waals surface area contributed by atoms with Gasteiger partial charge in [-0.25, -0.2) is 0 Å². The van der Waals surface area contributed by atoms with Crippen LogP contribution in [0.2, 0.25) is 0 Å². The lowest BCUT2D eigenvalue weighted by molar-refractivity contribution is -0.906. The van der Waals surface area contributed by atoms with Gasteiger partial charge in [0.05, 0.1) is 52.5 Å². The third-order valence-electron chi connectivity index (χ3n) is 3.00. The van der Waals surface area contributed by atoms with E-state index in [-0.39, 0.29) is 6.61 Å². The number of quaternary nitrogens is 1. The monoisotopic (exact) mass is 279 g/mol. The van der Waals surface area contributed by atoms with Gasteiger partial charge in [-0.1, -0.05) is 0 Å². The summed E-state index contributed by atoms with van der Waals surface area (Å²) in [6, 6.07) is 0.